The molecule has 1 aromatic carbocycles. The van der Waals surface area contributed by atoms with E-state index in [2.05, 4.69) is 40.0 Å². The van der Waals surface area contributed by atoms with E-state index in [0.717, 1.165) is 13.0 Å². The van der Waals surface area contributed by atoms with Gasteiger partial charge in [0.2, 0.25) is 5.91 Å². The van der Waals surface area contributed by atoms with E-state index in [1.54, 1.807) is 25.3 Å². The Hall–Kier alpha value is -2.96. The van der Waals surface area contributed by atoms with Gasteiger partial charge in [-0.3, -0.25) is 4.79 Å². The number of nitrogens with zero attached hydrogens (tertiary/aromatic N) is 1. The Bertz CT molecular complexity index is 775. The summed E-state index contributed by atoms with van der Waals surface area (Å²) in [5.74, 6) is 0.679. The van der Waals surface area contributed by atoms with Gasteiger partial charge in [-0.25, -0.2) is 4.79 Å². The van der Waals surface area contributed by atoms with Crippen molar-refractivity contribution in [1.29, 1.82) is 0 Å². The van der Waals surface area contributed by atoms with Crippen LogP contribution in [-0.4, -0.2) is 38.1 Å². The molecule has 1 aromatic heterocycles. The number of fused-ring (bicyclic) bond motifs is 1. The lowest BCUT2D eigenvalue weighted by Crippen LogP contribution is -2.49. The first-order valence-electron chi connectivity index (χ1n) is 9.19. The van der Waals surface area contributed by atoms with Gasteiger partial charge in [0, 0.05) is 31.7 Å². The van der Waals surface area contributed by atoms with Crippen LogP contribution in [0.3, 0.4) is 0 Å². The molecule has 0 saturated heterocycles. The normalized spacial score (nSPS) is 17.0. The highest BCUT2D eigenvalue weighted by atomic mass is 16.3. The molecule has 0 spiro atoms. The monoisotopic (exact) mass is 370 g/mol. The van der Waals surface area contributed by atoms with Crippen molar-refractivity contribution < 1.29 is 14.0 Å². The smallest absolute Gasteiger partial charge is 0.315 e. The number of hydrogen-bond acceptors (Lipinski definition) is 4. The zero-order valence-corrected chi connectivity index (χ0v) is 15.7. The summed E-state index contributed by atoms with van der Waals surface area (Å²) in [7, 11) is 2.08. The van der Waals surface area contributed by atoms with Crippen LogP contribution in [0.4, 0.5) is 10.5 Å². The van der Waals surface area contributed by atoms with Crippen molar-refractivity contribution in [2.24, 2.45) is 0 Å². The summed E-state index contributed by atoms with van der Waals surface area (Å²) in [5.41, 5.74) is 2.46. The van der Waals surface area contributed by atoms with Gasteiger partial charge in [-0.15, -0.1) is 0 Å². The fourth-order valence-electron chi connectivity index (χ4n) is 3.29. The number of nitrogens with one attached hydrogen (secondary N) is 3. The number of carbonyl (C=O) groups is 2. The summed E-state index contributed by atoms with van der Waals surface area (Å²) in [5, 5.41) is 8.31. The molecular formula is C20H26N4O3. The maximum absolute atomic E-state index is 12.2. The van der Waals surface area contributed by atoms with Crippen LogP contribution in [0.15, 0.2) is 47.1 Å². The first-order valence-corrected chi connectivity index (χ1v) is 9.19. The number of hydrogen-bond donors (Lipinski definition) is 3. The number of anilines is 1. The minimum atomic E-state index is -0.635. The van der Waals surface area contributed by atoms with Crippen LogP contribution in [0.2, 0.25) is 0 Å². The van der Waals surface area contributed by atoms with Crippen molar-refractivity contribution in [2.75, 3.05) is 25.0 Å². The largest absolute Gasteiger partial charge is 0.467 e. The van der Waals surface area contributed by atoms with E-state index in [1.807, 2.05) is 12.1 Å². The SMILES string of the molecule is C[C@H](NC(=O)NC[C@@H]1CCN(C)c2ccccc21)C(=O)NCc1ccco1. The molecule has 0 aliphatic carbocycles. The fraction of sp³-hybridized carbons (Fsp3) is 0.400. The number of furan rings is 1. The molecule has 1 aliphatic rings. The highest BCUT2D eigenvalue weighted by Gasteiger charge is 2.23. The fourth-order valence-corrected chi connectivity index (χ4v) is 3.29. The van der Waals surface area contributed by atoms with Gasteiger partial charge in [0.1, 0.15) is 11.8 Å². The van der Waals surface area contributed by atoms with Crippen molar-refractivity contribution in [3.63, 3.8) is 0 Å². The Morgan fingerprint density at radius 2 is 2.04 bits per heavy atom. The quantitative estimate of drug-likeness (QED) is 0.728. The third-order valence-corrected chi connectivity index (χ3v) is 4.87. The first-order chi connectivity index (χ1) is 13.0. The Kier molecular flexibility index (Phi) is 6.01. The Labute approximate surface area is 159 Å². The zero-order valence-electron chi connectivity index (χ0n) is 15.7. The van der Waals surface area contributed by atoms with E-state index < -0.39 is 6.04 Å². The molecule has 144 valence electrons. The molecule has 2 aromatic rings. The summed E-state index contributed by atoms with van der Waals surface area (Å²) < 4.78 is 5.17. The number of urea groups is 1. The van der Waals surface area contributed by atoms with Gasteiger partial charge in [0.05, 0.1) is 12.8 Å². The van der Waals surface area contributed by atoms with Gasteiger partial charge in [0.25, 0.3) is 0 Å². The molecule has 0 radical (unpaired) electrons. The zero-order chi connectivity index (χ0) is 19.2. The maximum Gasteiger partial charge on any atom is 0.315 e. The van der Waals surface area contributed by atoms with E-state index in [0.29, 0.717) is 18.8 Å². The second kappa shape index (κ2) is 8.62. The molecule has 3 amide bonds. The number of para-hydroxylation sites is 1. The second-order valence-electron chi connectivity index (χ2n) is 6.84. The third-order valence-electron chi connectivity index (χ3n) is 4.87. The van der Waals surface area contributed by atoms with Crippen molar-refractivity contribution in [2.45, 2.75) is 31.8 Å². The van der Waals surface area contributed by atoms with E-state index in [-0.39, 0.29) is 17.9 Å². The van der Waals surface area contributed by atoms with Crippen LogP contribution in [-0.2, 0) is 11.3 Å². The van der Waals surface area contributed by atoms with Crippen LogP contribution in [0.25, 0.3) is 0 Å². The molecule has 3 N–H and O–H groups in total. The van der Waals surface area contributed by atoms with Gasteiger partial charge in [-0.05, 0) is 37.1 Å². The predicted molar refractivity (Wildman–Crippen MR) is 104 cm³/mol. The number of benzene rings is 1. The molecule has 0 saturated carbocycles. The average Bonchev–Trinajstić information content (AvgIpc) is 3.19. The first kappa shape index (κ1) is 18.8. The summed E-state index contributed by atoms with van der Waals surface area (Å²) in [6, 6.07) is 10.8. The average molecular weight is 370 g/mol. The van der Waals surface area contributed by atoms with Gasteiger partial charge in [-0.2, -0.15) is 0 Å². The topological polar surface area (TPSA) is 86.6 Å². The molecular weight excluding hydrogens is 344 g/mol. The summed E-state index contributed by atoms with van der Waals surface area (Å²) >= 11 is 0. The maximum atomic E-state index is 12.2. The lowest BCUT2D eigenvalue weighted by molar-refractivity contribution is -0.122. The third kappa shape index (κ3) is 4.81. The van der Waals surface area contributed by atoms with Crippen LogP contribution in [0, 0.1) is 0 Å². The molecule has 3 rings (SSSR count). The lowest BCUT2D eigenvalue weighted by Gasteiger charge is -2.33. The van der Waals surface area contributed by atoms with Gasteiger partial charge >= 0.3 is 6.03 Å². The van der Waals surface area contributed by atoms with Gasteiger partial charge in [0.15, 0.2) is 0 Å². The van der Waals surface area contributed by atoms with Gasteiger partial charge < -0.3 is 25.3 Å². The standard InChI is InChI=1S/C20H26N4O3/c1-14(19(25)21-13-16-6-5-11-27-16)23-20(26)22-12-15-9-10-24(2)18-8-4-3-7-17(15)18/h3-8,11,14-15H,9-10,12-13H2,1-2H3,(H,21,25)(H2,22,23,26)/t14-,15-/m0/s1. The van der Waals surface area contributed by atoms with Crippen molar-refractivity contribution in [3.8, 4) is 0 Å². The Morgan fingerprint density at radius 1 is 1.22 bits per heavy atom. The van der Waals surface area contributed by atoms with Crippen LogP contribution < -0.4 is 20.9 Å². The van der Waals surface area contributed by atoms with Crippen LogP contribution in [0.5, 0.6) is 0 Å². The van der Waals surface area contributed by atoms with Crippen molar-refractivity contribution in [1.82, 2.24) is 16.0 Å². The summed E-state index contributed by atoms with van der Waals surface area (Å²) in [6.45, 7) is 3.45. The number of amides is 3. The van der Waals surface area contributed by atoms with E-state index in [1.165, 1.54) is 11.3 Å². The summed E-state index contributed by atoms with van der Waals surface area (Å²) in [4.78, 5) is 26.5. The van der Waals surface area contributed by atoms with Crippen molar-refractivity contribution >= 4 is 17.6 Å². The van der Waals surface area contributed by atoms with E-state index in [4.69, 9.17) is 4.42 Å². The van der Waals surface area contributed by atoms with Crippen molar-refractivity contribution in [3.05, 3.63) is 54.0 Å². The minimum absolute atomic E-state index is 0.258. The molecule has 0 unspecified atom stereocenters. The number of rotatable bonds is 6. The molecule has 27 heavy (non-hydrogen) atoms. The van der Waals surface area contributed by atoms with E-state index in [9.17, 15) is 9.59 Å². The highest BCUT2D eigenvalue weighted by Crippen LogP contribution is 2.33. The molecule has 7 nitrogen and oxygen atoms in total. The molecule has 2 atom stereocenters. The second-order valence-corrected chi connectivity index (χ2v) is 6.84. The minimum Gasteiger partial charge on any atom is -0.467 e. The number of carbonyl (C=O) groups excluding carboxylic acids is 2. The molecule has 0 fully saturated rings. The molecule has 0 bridgehead atoms. The molecule has 7 heteroatoms. The van der Waals surface area contributed by atoms with Gasteiger partial charge in [-0.1, -0.05) is 18.2 Å². The van der Waals surface area contributed by atoms with Crippen LogP contribution in [0.1, 0.15) is 30.6 Å². The molecule has 2 heterocycles. The highest BCUT2D eigenvalue weighted by molar-refractivity contribution is 5.86. The predicted octanol–water partition coefficient (Wildman–Crippen LogP) is 2.21. The van der Waals surface area contributed by atoms with Crippen LogP contribution >= 0.6 is 0 Å². The van der Waals surface area contributed by atoms with E-state index >= 15 is 0 Å². The Morgan fingerprint density at radius 3 is 2.81 bits per heavy atom. The lowest BCUT2D eigenvalue weighted by atomic mass is 9.90. The molecule has 1 aliphatic heterocycles. The summed E-state index contributed by atoms with van der Waals surface area (Å²) in [6.07, 6.45) is 2.53. The Balaban J connectivity index is 1.45.